The van der Waals surface area contributed by atoms with Crippen molar-refractivity contribution in [2.75, 3.05) is 47.5 Å². The summed E-state index contributed by atoms with van der Waals surface area (Å²) in [6.45, 7) is 4.22. The fraction of sp³-hybridized carbons (Fsp3) is 0.703. The van der Waals surface area contributed by atoms with Gasteiger partial charge in [-0.3, -0.25) is 18.6 Å². The number of ether oxygens (including phenoxy) is 2. The van der Waals surface area contributed by atoms with Gasteiger partial charge in [-0.1, -0.05) is 289 Å². The minimum atomic E-state index is -4.40. The molecule has 0 aliphatic rings. The first-order valence-corrected chi connectivity index (χ1v) is 35.8. The second-order valence-electron chi connectivity index (χ2n) is 23.8. The first-order chi connectivity index (χ1) is 41.0. The van der Waals surface area contributed by atoms with E-state index < -0.39 is 26.5 Å². The Kier molecular flexibility index (Phi) is 61.2. The maximum atomic E-state index is 12.9. The maximum absolute atomic E-state index is 12.9. The molecule has 84 heavy (non-hydrogen) atoms. The number of phosphoric acid groups is 1. The van der Waals surface area contributed by atoms with Crippen LogP contribution in [0.5, 0.6) is 0 Å². The third kappa shape index (κ3) is 67.5. The quantitative estimate of drug-likeness (QED) is 0.0211. The zero-order valence-electron chi connectivity index (χ0n) is 54.9. The van der Waals surface area contributed by atoms with Gasteiger partial charge in [-0.2, -0.15) is 0 Å². The van der Waals surface area contributed by atoms with Crippen molar-refractivity contribution in [3.05, 3.63) is 122 Å². The lowest BCUT2D eigenvalue weighted by atomic mass is 10.0. The summed E-state index contributed by atoms with van der Waals surface area (Å²) in [4.78, 5) is 35.9. The molecule has 0 saturated heterocycles. The number of carbonyl (C=O) groups is 2. The Morgan fingerprint density at radius 2 is 0.643 bits per heavy atom. The summed E-state index contributed by atoms with van der Waals surface area (Å²) in [6.07, 6.45) is 91.5. The van der Waals surface area contributed by atoms with E-state index in [1.54, 1.807) is 0 Å². The molecule has 482 valence electrons. The number of carbonyl (C=O) groups excluding carboxylic acids is 2. The van der Waals surface area contributed by atoms with Gasteiger partial charge in [0.2, 0.25) is 0 Å². The Labute approximate surface area is 518 Å². The molecule has 2 atom stereocenters. The monoisotopic (exact) mass is 1190 g/mol. The van der Waals surface area contributed by atoms with Crippen LogP contribution < -0.4 is 0 Å². The van der Waals surface area contributed by atoms with Crippen molar-refractivity contribution in [2.24, 2.45) is 0 Å². The molecule has 9 nitrogen and oxygen atoms in total. The fourth-order valence-electron chi connectivity index (χ4n) is 9.31. The normalized spacial score (nSPS) is 13.9. The van der Waals surface area contributed by atoms with Crippen LogP contribution in [0.3, 0.4) is 0 Å². The zero-order chi connectivity index (χ0) is 61.2. The van der Waals surface area contributed by atoms with E-state index in [4.69, 9.17) is 18.5 Å². The van der Waals surface area contributed by atoms with Crippen LogP contribution in [0.4, 0.5) is 0 Å². The van der Waals surface area contributed by atoms with E-state index in [0.717, 1.165) is 103 Å². The number of nitrogens with zero attached hydrogens (tertiary/aromatic N) is 1. The van der Waals surface area contributed by atoms with E-state index in [9.17, 15) is 19.0 Å². The molecule has 0 aromatic heterocycles. The highest BCUT2D eigenvalue weighted by Gasteiger charge is 2.27. The fourth-order valence-corrected chi connectivity index (χ4v) is 10.0. The third-order valence-electron chi connectivity index (χ3n) is 14.5. The lowest BCUT2D eigenvalue weighted by Crippen LogP contribution is -2.37. The Hall–Kier alpha value is -3.59. The van der Waals surface area contributed by atoms with Crippen molar-refractivity contribution in [3.8, 4) is 0 Å². The highest BCUT2D eigenvalue weighted by Crippen LogP contribution is 2.43. The molecule has 0 heterocycles. The average Bonchev–Trinajstić information content (AvgIpc) is 3.61. The molecule has 0 aromatic rings. The molecule has 1 N–H and O–H groups in total. The van der Waals surface area contributed by atoms with Gasteiger partial charge in [0.15, 0.2) is 6.10 Å². The summed E-state index contributed by atoms with van der Waals surface area (Å²) in [5.41, 5.74) is 0. The van der Waals surface area contributed by atoms with E-state index in [1.807, 2.05) is 21.1 Å². The van der Waals surface area contributed by atoms with Crippen LogP contribution in [0, 0.1) is 0 Å². The Bertz CT molecular complexity index is 1830. The number of phosphoric ester groups is 1. The van der Waals surface area contributed by atoms with E-state index in [1.165, 1.54) is 148 Å². The van der Waals surface area contributed by atoms with Crippen molar-refractivity contribution in [1.82, 2.24) is 0 Å². The second kappa shape index (κ2) is 63.9. The molecular formula is C74H129NO8P+. The SMILES string of the molecule is CC/C=C\C/C=C\C/C=C\C/C=C\C/C=C\C/C=C\CCCCCCCCCCCCCCCCCCC(=O)OC(COC(=O)CCCCCCCCCCCCCC/C=C\C/C=C\C/C=C\C/C=C\CC)COP(=O)(O)OCC[N+](C)(C)C. The number of esters is 2. The van der Waals surface area contributed by atoms with Crippen LogP contribution in [0.2, 0.25) is 0 Å². The summed E-state index contributed by atoms with van der Waals surface area (Å²) in [6, 6.07) is 0. The molecule has 2 unspecified atom stereocenters. The lowest BCUT2D eigenvalue weighted by molar-refractivity contribution is -0.870. The number of quaternary nitrogens is 1. The predicted molar refractivity (Wildman–Crippen MR) is 362 cm³/mol. The van der Waals surface area contributed by atoms with E-state index in [-0.39, 0.29) is 32.0 Å². The van der Waals surface area contributed by atoms with Crippen LogP contribution in [-0.4, -0.2) is 74.9 Å². The van der Waals surface area contributed by atoms with Gasteiger partial charge in [-0.15, -0.1) is 0 Å². The van der Waals surface area contributed by atoms with Gasteiger partial charge in [0.05, 0.1) is 27.7 Å². The number of hydrogen-bond donors (Lipinski definition) is 1. The van der Waals surface area contributed by atoms with Gasteiger partial charge in [0.25, 0.3) is 0 Å². The summed E-state index contributed by atoms with van der Waals surface area (Å²) in [5.74, 6) is -0.796. The molecule has 0 amide bonds. The Balaban J connectivity index is 4.05. The van der Waals surface area contributed by atoms with Crippen molar-refractivity contribution < 1.29 is 42.1 Å². The van der Waals surface area contributed by atoms with E-state index in [2.05, 4.69) is 135 Å². The summed E-state index contributed by atoms with van der Waals surface area (Å²) < 4.78 is 34.7. The topological polar surface area (TPSA) is 108 Å². The standard InChI is InChI=1S/C74H128NO8P/c1-6-8-10-12-14-16-18-20-22-24-26-28-30-32-33-34-35-36-37-38-39-40-41-43-45-47-49-51-53-55-57-59-61-63-65-67-74(77)83-72(71-82-84(78,79)81-69-68-75(3,4)5)70-80-73(76)66-64-62-60-58-56-54-52-50-48-46-44-42-31-29-27-25-23-21-19-17-15-13-11-9-7-2/h8-11,14-17,20-23,26-29,32-33,35-36,72H,6-7,12-13,18-19,24-25,30-31,34,37-71H2,1-5H3/p+1/b10-8-,11-9-,16-14-,17-15-,22-20-,23-21-,28-26-,29-27-,33-32-,36-35-. The molecule has 0 spiro atoms. The van der Waals surface area contributed by atoms with Crippen molar-refractivity contribution in [2.45, 2.75) is 290 Å². The van der Waals surface area contributed by atoms with Crippen LogP contribution in [0.1, 0.15) is 284 Å². The van der Waals surface area contributed by atoms with Crippen molar-refractivity contribution in [3.63, 3.8) is 0 Å². The number of allylic oxidation sites excluding steroid dienone is 20. The number of rotatable bonds is 62. The molecule has 0 aliphatic heterocycles. The maximum Gasteiger partial charge on any atom is 0.472 e. The smallest absolute Gasteiger partial charge is 0.462 e. The van der Waals surface area contributed by atoms with Crippen molar-refractivity contribution in [1.29, 1.82) is 0 Å². The third-order valence-corrected chi connectivity index (χ3v) is 15.5. The second-order valence-corrected chi connectivity index (χ2v) is 25.3. The Morgan fingerprint density at radius 3 is 0.952 bits per heavy atom. The number of hydrogen-bond acceptors (Lipinski definition) is 7. The molecule has 0 saturated carbocycles. The average molecular weight is 1190 g/mol. The molecule has 0 aliphatic carbocycles. The zero-order valence-corrected chi connectivity index (χ0v) is 55.7. The van der Waals surface area contributed by atoms with Gasteiger partial charge in [0.1, 0.15) is 19.8 Å². The summed E-state index contributed by atoms with van der Waals surface area (Å²) >= 11 is 0. The Morgan fingerprint density at radius 1 is 0.369 bits per heavy atom. The van der Waals surface area contributed by atoms with Crippen molar-refractivity contribution >= 4 is 19.8 Å². The first kappa shape index (κ1) is 80.4. The summed E-state index contributed by atoms with van der Waals surface area (Å²) in [5, 5.41) is 0. The van der Waals surface area contributed by atoms with E-state index in [0.29, 0.717) is 17.4 Å². The van der Waals surface area contributed by atoms with Gasteiger partial charge < -0.3 is 18.9 Å². The van der Waals surface area contributed by atoms with E-state index >= 15 is 0 Å². The summed E-state index contributed by atoms with van der Waals surface area (Å²) in [7, 11) is 1.47. The molecule has 0 radical (unpaired) electrons. The van der Waals surface area contributed by atoms with Crippen LogP contribution in [0.25, 0.3) is 0 Å². The molecule has 0 aromatic carbocycles. The highest BCUT2D eigenvalue weighted by atomic mass is 31.2. The molecule has 10 heteroatoms. The van der Waals surface area contributed by atoms with Gasteiger partial charge in [0, 0.05) is 12.8 Å². The predicted octanol–water partition coefficient (Wildman–Crippen LogP) is 22.3. The minimum Gasteiger partial charge on any atom is -0.462 e. The number of unbranched alkanes of at least 4 members (excludes halogenated alkanes) is 28. The van der Waals surface area contributed by atoms with Crippen LogP contribution in [-0.2, 0) is 32.7 Å². The molecule has 0 bridgehead atoms. The highest BCUT2D eigenvalue weighted by molar-refractivity contribution is 7.47. The van der Waals surface area contributed by atoms with Crippen LogP contribution >= 0.6 is 7.82 Å². The largest absolute Gasteiger partial charge is 0.472 e. The molecular weight excluding hydrogens is 1060 g/mol. The first-order valence-electron chi connectivity index (χ1n) is 34.3. The van der Waals surface area contributed by atoms with Gasteiger partial charge in [-0.25, -0.2) is 4.57 Å². The molecule has 0 fully saturated rings. The minimum absolute atomic E-state index is 0.0276. The lowest BCUT2D eigenvalue weighted by Gasteiger charge is -2.24. The van der Waals surface area contributed by atoms with Gasteiger partial charge >= 0.3 is 19.8 Å². The molecule has 0 rings (SSSR count). The number of likely N-dealkylation sites (N-methyl/N-ethyl adjacent to an activating group) is 1. The van der Waals surface area contributed by atoms with Gasteiger partial charge in [-0.05, 0) is 103 Å². The van der Waals surface area contributed by atoms with Crippen LogP contribution in [0.15, 0.2) is 122 Å².